The van der Waals surface area contributed by atoms with Crippen LogP contribution in [0.5, 0.6) is 0 Å². The van der Waals surface area contributed by atoms with Crippen molar-refractivity contribution in [2.45, 2.75) is 6.18 Å². The van der Waals surface area contributed by atoms with E-state index in [1.807, 2.05) is 42.5 Å². The van der Waals surface area contributed by atoms with Crippen LogP contribution in [0.2, 0.25) is 0 Å². The third-order valence-electron chi connectivity index (χ3n) is 3.42. The minimum Gasteiger partial charge on any atom is -0.232 e. The summed E-state index contributed by atoms with van der Waals surface area (Å²) < 4.78 is 37.8. The number of rotatable bonds is 2. The van der Waals surface area contributed by atoms with E-state index >= 15 is 0 Å². The average Bonchev–Trinajstić information content (AvgIpc) is 2.54. The summed E-state index contributed by atoms with van der Waals surface area (Å²) in [6, 6.07) is 20.1. The molecule has 0 bridgehead atoms. The summed E-state index contributed by atoms with van der Waals surface area (Å²) >= 11 is 5.27. The Bertz CT molecular complexity index is 885. The van der Waals surface area contributed by atoms with Crippen molar-refractivity contribution in [3.05, 3.63) is 66.7 Å². The molecule has 1 nitrogen and oxygen atoms in total. The molecule has 0 N–H and O–H groups in total. The summed E-state index contributed by atoms with van der Waals surface area (Å²) in [6.07, 6.45) is -4.65. The van der Waals surface area contributed by atoms with Crippen LogP contribution in [0.15, 0.2) is 71.7 Å². The first-order valence-corrected chi connectivity index (χ1v) is 7.22. The monoisotopic (exact) mass is 333 g/mol. The number of fused-ring (bicyclic) bond motifs is 1. The molecule has 0 saturated carbocycles. The number of aliphatic imine (C=N–C) groups is 1. The Hall–Kier alpha value is -2.33. The molecule has 3 rings (SSSR count). The molecule has 5 heteroatoms. The molecule has 0 aliphatic carbocycles. The minimum absolute atomic E-state index is 0.185. The van der Waals surface area contributed by atoms with E-state index in [0.29, 0.717) is 5.56 Å². The molecule has 0 atom stereocenters. The molecule has 0 aromatic heterocycles. The zero-order chi connectivity index (χ0) is 16.4. The smallest absolute Gasteiger partial charge is 0.232 e. The number of para-hydroxylation sites is 1. The molecule has 116 valence electrons. The van der Waals surface area contributed by atoms with Gasteiger partial charge in [0.2, 0.25) is 5.17 Å². The number of hydrogen-bond donors (Lipinski definition) is 0. The number of alkyl halides is 3. The highest BCUT2D eigenvalue weighted by Crippen LogP contribution is 2.34. The summed E-state index contributed by atoms with van der Waals surface area (Å²) in [5.74, 6) is 0. The van der Waals surface area contributed by atoms with Gasteiger partial charge in [0, 0.05) is 5.56 Å². The molecular weight excluding hydrogens is 323 g/mol. The molecule has 0 spiro atoms. The maximum absolute atomic E-state index is 12.6. The van der Waals surface area contributed by atoms with Crippen LogP contribution < -0.4 is 0 Å². The lowest BCUT2D eigenvalue weighted by Gasteiger charge is -2.09. The van der Waals surface area contributed by atoms with Gasteiger partial charge in [0.25, 0.3) is 0 Å². The first-order valence-electron chi connectivity index (χ1n) is 6.85. The molecule has 0 saturated heterocycles. The van der Waals surface area contributed by atoms with Crippen molar-refractivity contribution in [1.29, 1.82) is 0 Å². The number of hydrogen-bond acceptors (Lipinski definition) is 1. The molecule has 0 aliphatic heterocycles. The van der Waals surface area contributed by atoms with E-state index in [2.05, 4.69) is 4.99 Å². The second-order valence-corrected chi connectivity index (χ2v) is 5.34. The lowest BCUT2D eigenvalue weighted by molar-refractivity contribution is -0.0558. The van der Waals surface area contributed by atoms with Gasteiger partial charge in [-0.1, -0.05) is 66.2 Å². The first kappa shape index (κ1) is 15.6. The lowest BCUT2D eigenvalue weighted by atomic mass is 10.00. The van der Waals surface area contributed by atoms with Gasteiger partial charge in [0.1, 0.15) is 0 Å². The summed E-state index contributed by atoms with van der Waals surface area (Å²) in [6.45, 7) is 0. The molecule has 0 fully saturated rings. The van der Waals surface area contributed by atoms with E-state index in [0.717, 1.165) is 16.3 Å². The normalized spacial score (nSPS) is 12.6. The minimum atomic E-state index is -4.65. The van der Waals surface area contributed by atoms with Crippen LogP contribution in [0.3, 0.4) is 0 Å². The standard InChI is InChI=1S/C18H11ClF3N/c19-17(18(20,21)22)23-16-8-4-3-7-15(16)14-10-9-12-5-1-2-6-13(12)11-14/h1-11H. The third kappa shape index (κ3) is 3.37. The largest absolute Gasteiger partial charge is 0.444 e. The van der Waals surface area contributed by atoms with Gasteiger partial charge in [-0.15, -0.1) is 0 Å². The molecule has 0 unspecified atom stereocenters. The van der Waals surface area contributed by atoms with E-state index in [-0.39, 0.29) is 5.69 Å². The first-order chi connectivity index (χ1) is 10.9. The van der Waals surface area contributed by atoms with Crippen LogP contribution in [0.1, 0.15) is 0 Å². The maximum Gasteiger partial charge on any atom is 0.444 e. The van der Waals surface area contributed by atoms with Crippen molar-refractivity contribution in [1.82, 2.24) is 0 Å². The van der Waals surface area contributed by atoms with E-state index in [4.69, 9.17) is 11.6 Å². The second-order valence-electron chi connectivity index (χ2n) is 4.98. The van der Waals surface area contributed by atoms with Crippen molar-refractivity contribution < 1.29 is 13.2 Å². The Morgan fingerprint density at radius 2 is 1.48 bits per heavy atom. The zero-order valence-electron chi connectivity index (χ0n) is 11.8. The fourth-order valence-electron chi connectivity index (χ4n) is 2.34. The van der Waals surface area contributed by atoms with Crippen LogP contribution in [-0.2, 0) is 0 Å². The maximum atomic E-state index is 12.6. The third-order valence-corrected chi connectivity index (χ3v) is 3.72. The van der Waals surface area contributed by atoms with Crippen LogP contribution in [0.4, 0.5) is 18.9 Å². The summed E-state index contributed by atoms with van der Waals surface area (Å²) in [5, 5.41) is 0.682. The van der Waals surface area contributed by atoms with Crippen LogP contribution in [-0.4, -0.2) is 11.3 Å². The molecule has 0 radical (unpaired) electrons. The second kappa shape index (κ2) is 6.05. The number of benzene rings is 3. The Labute approximate surface area is 136 Å². The van der Waals surface area contributed by atoms with Gasteiger partial charge < -0.3 is 0 Å². The van der Waals surface area contributed by atoms with Gasteiger partial charge in [-0.2, -0.15) is 13.2 Å². The highest BCUT2D eigenvalue weighted by Gasteiger charge is 2.34. The fourth-order valence-corrected chi connectivity index (χ4v) is 2.43. The van der Waals surface area contributed by atoms with Crippen molar-refractivity contribution in [3.8, 4) is 11.1 Å². The zero-order valence-corrected chi connectivity index (χ0v) is 12.6. The van der Waals surface area contributed by atoms with E-state index < -0.39 is 11.3 Å². The van der Waals surface area contributed by atoms with Gasteiger partial charge in [0.15, 0.2) is 0 Å². The van der Waals surface area contributed by atoms with Crippen molar-refractivity contribution >= 4 is 33.2 Å². The highest BCUT2D eigenvalue weighted by atomic mass is 35.5. The SMILES string of the molecule is FC(F)(F)C(Cl)=Nc1ccccc1-c1ccc2ccccc2c1. The molecule has 3 aromatic rings. The molecule has 3 aromatic carbocycles. The van der Waals surface area contributed by atoms with Crippen LogP contribution in [0.25, 0.3) is 21.9 Å². The number of halogens is 4. The van der Waals surface area contributed by atoms with Gasteiger partial charge in [-0.25, -0.2) is 4.99 Å². The molecule has 0 amide bonds. The average molecular weight is 334 g/mol. The number of nitrogens with zero attached hydrogens (tertiary/aromatic N) is 1. The van der Waals surface area contributed by atoms with E-state index in [1.54, 1.807) is 18.2 Å². The van der Waals surface area contributed by atoms with Gasteiger partial charge in [-0.3, -0.25) is 0 Å². The molecule has 0 heterocycles. The van der Waals surface area contributed by atoms with Crippen LogP contribution >= 0.6 is 11.6 Å². The van der Waals surface area contributed by atoms with Crippen LogP contribution in [0, 0.1) is 0 Å². The Morgan fingerprint density at radius 3 is 2.22 bits per heavy atom. The quantitative estimate of drug-likeness (QED) is 0.485. The lowest BCUT2D eigenvalue weighted by Crippen LogP contribution is -2.16. The van der Waals surface area contributed by atoms with Crippen molar-refractivity contribution in [2.75, 3.05) is 0 Å². The van der Waals surface area contributed by atoms with E-state index in [9.17, 15) is 13.2 Å². The van der Waals surface area contributed by atoms with E-state index in [1.165, 1.54) is 6.07 Å². The van der Waals surface area contributed by atoms with Gasteiger partial charge in [-0.05, 0) is 28.5 Å². The Balaban J connectivity index is 2.12. The van der Waals surface area contributed by atoms with Gasteiger partial charge in [0.05, 0.1) is 5.69 Å². The predicted octanol–water partition coefficient (Wildman–Crippen LogP) is 6.34. The highest BCUT2D eigenvalue weighted by molar-refractivity contribution is 6.67. The van der Waals surface area contributed by atoms with Crippen molar-refractivity contribution in [3.63, 3.8) is 0 Å². The summed E-state index contributed by atoms with van der Waals surface area (Å²) in [4.78, 5) is 3.54. The Morgan fingerprint density at radius 1 is 0.826 bits per heavy atom. The topological polar surface area (TPSA) is 12.4 Å². The molecular formula is C18H11ClF3N. The molecule has 0 aliphatic rings. The summed E-state index contributed by atoms with van der Waals surface area (Å²) in [7, 11) is 0. The Kier molecular flexibility index (Phi) is 4.09. The summed E-state index contributed by atoms with van der Waals surface area (Å²) in [5.41, 5.74) is 1.57. The predicted molar refractivity (Wildman–Crippen MR) is 88.4 cm³/mol. The van der Waals surface area contributed by atoms with Gasteiger partial charge >= 0.3 is 6.18 Å². The fraction of sp³-hybridized carbons (Fsp3) is 0.0556. The molecule has 23 heavy (non-hydrogen) atoms. The van der Waals surface area contributed by atoms with Crippen molar-refractivity contribution in [2.24, 2.45) is 4.99 Å².